The molecule has 1 aromatic heterocycles. The summed E-state index contributed by atoms with van der Waals surface area (Å²) >= 11 is 5.08. The zero-order valence-corrected chi connectivity index (χ0v) is 13.4. The molecule has 4 heteroatoms. The first-order valence-electron chi connectivity index (χ1n) is 6.43. The highest BCUT2D eigenvalue weighted by molar-refractivity contribution is 9.10. The number of anilines is 1. The zero-order chi connectivity index (χ0) is 14.7. The molecule has 0 saturated carbocycles. The van der Waals surface area contributed by atoms with Gasteiger partial charge < -0.3 is 5.32 Å². The van der Waals surface area contributed by atoms with Crippen molar-refractivity contribution in [2.45, 2.75) is 0 Å². The summed E-state index contributed by atoms with van der Waals surface area (Å²) in [6, 6.07) is 19.3. The molecule has 3 aromatic rings. The Morgan fingerprint density at radius 2 is 1.81 bits per heavy atom. The smallest absolute Gasteiger partial charge is 0.255 e. The average molecular weight is 358 g/mol. The van der Waals surface area contributed by atoms with Gasteiger partial charge in [-0.2, -0.15) is 0 Å². The molecule has 3 rings (SSSR count). The molecule has 2 nitrogen and oxygen atoms in total. The molecule has 104 valence electrons. The van der Waals surface area contributed by atoms with Gasteiger partial charge in [0.25, 0.3) is 5.91 Å². The predicted octanol–water partition coefficient (Wildman–Crippen LogP) is 5.43. The van der Waals surface area contributed by atoms with E-state index in [1.54, 1.807) is 11.3 Å². The highest BCUT2D eigenvalue weighted by Crippen LogP contribution is 2.25. The normalized spacial score (nSPS) is 10.3. The van der Waals surface area contributed by atoms with Crippen LogP contribution in [0.15, 0.2) is 70.5 Å². The van der Waals surface area contributed by atoms with Crippen molar-refractivity contribution >= 4 is 38.9 Å². The summed E-state index contributed by atoms with van der Waals surface area (Å²) in [4.78, 5) is 13.4. The third-order valence-corrected chi connectivity index (χ3v) is 4.45. The highest BCUT2D eigenvalue weighted by atomic mass is 79.9. The molecule has 0 aliphatic carbocycles. The molecule has 0 aliphatic rings. The molecule has 1 amide bonds. The van der Waals surface area contributed by atoms with E-state index in [0.29, 0.717) is 5.56 Å². The van der Waals surface area contributed by atoms with Gasteiger partial charge in [-0.1, -0.05) is 40.2 Å². The maximum Gasteiger partial charge on any atom is 0.255 e. The van der Waals surface area contributed by atoms with Gasteiger partial charge in [0.2, 0.25) is 0 Å². The van der Waals surface area contributed by atoms with Gasteiger partial charge in [0, 0.05) is 20.6 Å². The second-order valence-electron chi connectivity index (χ2n) is 4.52. The maximum absolute atomic E-state index is 12.2. The van der Waals surface area contributed by atoms with E-state index in [0.717, 1.165) is 15.7 Å². The number of benzene rings is 2. The summed E-state index contributed by atoms with van der Waals surface area (Å²) in [6.07, 6.45) is 0. The van der Waals surface area contributed by atoms with Crippen molar-refractivity contribution in [1.29, 1.82) is 0 Å². The zero-order valence-electron chi connectivity index (χ0n) is 11.0. The van der Waals surface area contributed by atoms with Gasteiger partial charge in [-0.15, -0.1) is 11.3 Å². The third-order valence-electron chi connectivity index (χ3n) is 3.04. The van der Waals surface area contributed by atoms with Crippen LogP contribution < -0.4 is 5.32 Å². The molecule has 1 heterocycles. The van der Waals surface area contributed by atoms with Crippen LogP contribution in [0.1, 0.15) is 10.4 Å². The van der Waals surface area contributed by atoms with Crippen molar-refractivity contribution in [2.75, 3.05) is 5.32 Å². The molecule has 0 fully saturated rings. The first kappa shape index (κ1) is 14.0. The van der Waals surface area contributed by atoms with Gasteiger partial charge >= 0.3 is 0 Å². The van der Waals surface area contributed by atoms with E-state index in [-0.39, 0.29) is 5.91 Å². The van der Waals surface area contributed by atoms with Crippen LogP contribution in [0.5, 0.6) is 0 Å². The number of hydrogen-bond donors (Lipinski definition) is 1. The molecule has 0 spiro atoms. The lowest BCUT2D eigenvalue weighted by molar-refractivity contribution is 0.102. The molecular weight excluding hydrogens is 346 g/mol. The van der Waals surface area contributed by atoms with E-state index < -0.39 is 0 Å². The molecule has 1 N–H and O–H groups in total. The van der Waals surface area contributed by atoms with Gasteiger partial charge in [0.05, 0.1) is 0 Å². The molecular formula is C17H12BrNOS. The molecule has 0 bridgehead atoms. The third kappa shape index (κ3) is 3.40. The first-order valence-corrected chi connectivity index (χ1v) is 8.10. The second-order valence-corrected chi connectivity index (χ2v) is 6.38. The lowest BCUT2D eigenvalue weighted by Gasteiger charge is -2.06. The Morgan fingerprint density at radius 1 is 1.00 bits per heavy atom. The van der Waals surface area contributed by atoms with Crippen LogP contribution in [0.25, 0.3) is 10.4 Å². The molecule has 0 atom stereocenters. The van der Waals surface area contributed by atoms with E-state index in [2.05, 4.69) is 27.3 Å². The first-order chi connectivity index (χ1) is 10.2. The number of thiophene rings is 1. The number of nitrogens with one attached hydrogen (secondary N) is 1. The predicted molar refractivity (Wildman–Crippen MR) is 91.9 cm³/mol. The fraction of sp³-hybridized carbons (Fsp3) is 0. The van der Waals surface area contributed by atoms with Crippen LogP contribution >= 0.6 is 27.3 Å². The minimum atomic E-state index is -0.106. The monoisotopic (exact) mass is 357 g/mol. The van der Waals surface area contributed by atoms with E-state index in [9.17, 15) is 4.79 Å². The summed E-state index contributed by atoms with van der Waals surface area (Å²) in [5.41, 5.74) is 2.55. The summed E-state index contributed by atoms with van der Waals surface area (Å²) < 4.78 is 0.938. The van der Waals surface area contributed by atoms with Crippen LogP contribution in [0.2, 0.25) is 0 Å². The SMILES string of the molecule is O=C(Nc1cccc(Br)c1)c1ccc(-c2cccs2)cc1. The summed E-state index contributed by atoms with van der Waals surface area (Å²) in [5.74, 6) is -0.106. The Bertz CT molecular complexity index is 751. The minimum Gasteiger partial charge on any atom is -0.322 e. The fourth-order valence-corrected chi connectivity index (χ4v) is 3.13. The standard InChI is InChI=1S/C17H12BrNOS/c18-14-3-1-4-15(11-14)19-17(20)13-8-6-12(7-9-13)16-5-2-10-21-16/h1-11H,(H,19,20). The van der Waals surface area contributed by atoms with Crippen molar-refractivity contribution in [3.63, 3.8) is 0 Å². The summed E-state index contributed by atoms with van der Waals surface area (Å²) in [6.45, 7) is 0. The number of rotatable bonds is 3. The van der Waals surface area contributed by atoms with E-state index >= 15 is 0 Å². The second kappa shape index (κ2) is 6.24. The molecule has 0 unspecified atom stereocenters. The van der Waals surface area contributed by atoms with Crippen molar-refractivity contribution < 1.29 is 4.79 Å². The van der Waals surface area contributed by atoms with Gasteiger partial charge in [-0.3, -0.25) is 4.79 Å². The van der Waals surface area contributed by atoms with Crippen LogP contribution in [0, 0.1) is 0 Å². The number of hydrogen-bond acceptors (Lipinski definition) is 2. The van der Waals surface area contributed by atoms with Crippen LogP contribution in [-0.4, -0.2) is 5.91 Å². The molecule has 2 aromatic carbocycles. The Kier molecular flexibility index (Phi) is 4.18. The molecule has 0 saturated heterocycles. The van der Waals surface area contributed by atoms with Gasteiger partial charge in [0.15, 0.2) is 0 Å². The number of halogens is 1. The van der Waals surface area contributed by atoms with Crippen molar-refractivity contribution in [3.05, 3.63) is 76.1 Å². The summed E-state index contributed by atoms with van der Waals surface area (Å²) in [7, 11) is 0. The van der Waals surface area contributed by atoms with E-state index in [4.69, 9.17) is 0 Å². The van der Waals surface area contributed by atoms with Gasteiger partial charge in [-0.25, -0.2) is 0 Å². The Hall–Kier alpha value is -1.91. The molecule has 0 radical (unpaired) electrons. The van der Waals surface area contributed by atoms with E-state index in [1.165, 1.54) is 4.88 Å². The van der Waals surface area contributed by atoms with Crippen LogP contribution in [0.3, 0.4) is 0 Å². The summed E-state index contributed by atoms with van der Waals surface area (Å²) in [5, 5.41) is 4.93. The topological polar surface area (TPSA) is 29.1 Å². The number of amides is 1. The largest absolute Gasteiger partial charge is 0.322 e. The van der Waals surface area contributed by atoms with Crippen molar-refractivity contribution in [2.24, 2.45) is 0 Å². The lowest BCUT2D eigenvalue weighted by Crippen LogP contribution is -2.11. The van der Waals surface area contributed by atoms with Crippen LogP contribution in [0.4, 0.5) is 5.69 Å². The maximum atomic E-state index is 12.2. The fourth-order valence-electron chi connectivity index (χ4n) is 2.00. The van der Waals surface area contributed by atoms with Gasteiger partial charge in [0.1, 0.15) is 0 Å². The quantitative estimate of drug-likeness (QED) is 0.665. The Balaban J connectivity index is 1.76. The number of carbonyl (C=O) groups excluding carboxylic acids is 1. The van der Waals surface area contributed by atoms with E-state index in [1.807, 2.05) is 60.0 Å². The van der Waals surface area contributed by atoms with Crippen LogP contribution in [-0.2, 0) is 0 Å². The van der Waals surface area contributed by atoms with Gasteiger partial charge in [-0.05, 0) is 47.3 Å². The highest BCUT2D eigenvalue weighted by Gasteiger charge is 2.07. The Morgan fingerprint density at radius 3 is 2.48 bits per heavy atom. The van der Waals surface area contributed by atoms with Crippen molar-refractivity contribution in [3.8, 4) is 10.4 Å². The number of carbonyl (C=O) groups is 1. The minimum absolute atomic E-state index is 0.106. The average Bonchev–Trinajstić information content (AvgIpc) is 3.01. The van der Waals surface area contributed by atoms with Crippen molar-refractivity contribution in [1.82, 2.24) is 0 Å². The molecule has 0 aliphatic heterocycles. The molecule has 21 heavy (non-hydrogen) atoms. The lowest BCUT2D eigenvalue weighted by atomic mass is 10.1. The Labute approximate surface area is 135 Å².